The molecule has 2 N–H and O–H groups in total. The van der Waals surface area contributed by atoms with E-state index in [4.69, 9.17) is 4.52 Å². The molecular formula is C18H18N4O3. The maximum absolute atomic E-state index is 12.7. The summed E-state index contributed by atoms with van der Waals surface area (Å²) in [6.45, 7) is 3.75. The van der Waals surface area contributed by atoms with E-state index in [1.807, 2.05) is 30.5 Å². The van der Waals surface area contributed by atoms with Crippen LogP contribution in [0.3, 0.4) is 0 Å². The summed E-state index contributed by atoms with van der Waals surface area (Å²) in [5.41, 5.74) is 3.49. The number of fused-ring (bicyclic) bond motifs is 1. The van der Waals surface area contributed by atoms with E-state index in [2.05, 4.69) is 15.5 Å². The van der Waals surface area contributed by atoms with Gasteiger partial charge in [0.05, 0.1) is 12.2 Å². The van der Waals surface area contributed by atoms with Gasteiger partial charge in [0.15, 0.2) is 0 Å². The minimum absolute atomic E-state index is 0.177. The van der Waals surface area contributed by atoms with Gasteiger partial charge in [-0.2, -0.15) is 0 Å². The van der Waals surface area contributed by atoms with E-state index in [0.29, 0.717) is 17.9 Å². The van der Waals surface area contributed by atoms with Crippen molar-refractivity contribution in [3.05, 3.63) is 53.0 Å². The molecule has 3 amide bonds. The van der Waals surface area contributed by atoms with E-state index < -0.39 is 6.04 Å². The van der Waals surface area contributed by atoms with Crippen LogP contribution < -0.4 is 5.32 Å². The lowest BCUT2D eigenvalue weighted by molar-refractivity contribution is -0.127. The Morgan fingerprint density at radius 3 is 2.80 bits per heavy atom. The standard InChI is InChI=1S/C18H18N4O3/c1-10-14(11(2)25-21-10)9-22-17(23)16(20-18(22)24)7-12-8-19-15-6-4-3-5-13(12)15/h3-6,8,16,19H,7,9H2,1-2H3,(H,20,24). The lowest BCUT2D eigenvalue weighted by Gasteiger charge is -2.12. The Balaban J connectivity index is 1.55. The lowest BCUT2D eigenvalue weighted by atomic mass is 10.0. The van der Waals surface area contributed by atoms with Crippen molar-refractivity contribution in [3.8, 4) is 0 Å². The minimum atomic E-state index is -0.563. The molecule has 7 nitrogen and oxygen atoms in total. The van der Waals surface area contributed by atoms with Crippen LogP contribution in [0.2, 0.25) is 0 Å². The molecule has 0 bridgehead atoms. The number of aromatic amines is 1. The highest BCUT2D eigenvalue weighted by Crippen LogP contribution is 2.23. The normalized spacial score (nSPS) is 17.5. The van der Waals surface area contributed by atoms with Crippen molar-refractivity contribution in [1.82, 2.24) is 20.4 Å². The van der Waals surface area contributed by atoms with Gasteiger partial charge in [0.2, 0.25) is 0 Å². The average molecular weight is 338 g/mol. The number of hydrogen-bond acceptors (Lipinski definition) is 4. The smallest absolute Gasteiger partial charge is 0.325 e. The highest BCUT2D eigenvalue weighted by atomic mass is 16.5. The van der Waals surface area contributed by atoms with Gasteiger partial charge in [0.1, 0.15) is 11.8 Å². The molecule has 2 aromatic heterocycles. The zero-order valence-electron chi connectivity index (χ0n) is 14.0. The first kappa shape index (κ1) is 15.4. The van der Waals surface area contributed by atoms with Crippen molar-refractivity contribution in [2.24, 2.45) is 0 Å². The number of urea groups is 1. The molecule has 3 heterocycles. The summed E-state index contributed by atoms with van der Waals surface area (Å²) in [5.74, 6) is 0.397. The maximum atomic E-state index is 12.7. The molecule has 1 atom stereocenters. The quantitative estimate of drug-likeness (QED) is 0.715. The topological polar surface area (TPSA) is 91.2 Å². The van der Waals surface area contributed by atoms with E-state index in [-0.39, 0.29) is 18.5 Å². The molecule has 7 heteroatoms. The zero-order chi connectivity index (χ0) is 17.6. The predicted octanol–water partition coefficient (Wildman–Crippen LogP) is 2.44. The van der Waals surface area contributed by atoms with Crippen LogP contribution in [0.4, 0.5) is 4.79 Å². The number of amides is 3. The molecule has 128 valence electrons. The SMILES string of the molecule is Cc1noc(C)c1CN1C(=O)NC(Cc2c[nH]c3ccccc23)C1=O. The van der Waals surface area contributed by atoms with Crippen LogP contribution in [-0.4, -0.2) is 33.0 Å². The van der Waals surface area contributed by atoms with Crippen LogP contribution >= 0.6 is 0 Å². The van der Waals surface area contributed by atoms with Crippen molar-refractivity contribution >= 4 is 22.8 Å². The van der Waals surface area contributed by atoms with Crippen molar-refractivity contribution < 1.29 is 14.1 Å². The summed E-state index contributed by atoms with van der Waals surface area (Å²) in [4.78, 5) is 29.4. The summed E-state index contributed by atoms with van der Waals surface area (Å²) in [7, 11) is 0. The fraction of sp³-hybridized carbons (Fsp3) is 0.278. The number of carbonyl (C=O) groups excluding carboxylic acids is 2. The molecule has 4 rings (SSSR count). The number of imide groups is 1. The summed E-state index contributed by atoms with van der Waals surface area (Å²) in [6, 6.07) is 6.96. The number of benzene rings is 1. The van der Waals surface area contributed by atoms with E-state index in [0.717, 1.165) is 22.0 Å². The Kier molecular flexibility index (Phi) is 3.56. The van der Waals surface area contributed by atoms with Crippen LogP contribution in [0.15, 0.2) is 35.0 Å². The highest BCUT2D eigenvalue weighted by Gasteiger charge is 2.38. The maximum Gasteiger partial charge on any atom is 0.325 e. The molecular weight excluding hydrogens is 320 g/mol. The van der Waals surface area contributed by atoms with Gasteiger partial charge in [0, 0.05) is 29.1 Å². The summed E-state index contributed by atoms with van der Waals surface area (Å²) >= 11 is 0. The Morgan fingerprint density at radius 2 is 2.04 bits per heavy atom. The van der Waals surface area contributed by atoms with Crippen molar-refractivity contribution in [2.45, 2.75) is 32.9 Å². The van der Waals surface area contributed by atoms with Gasteiger partial charge >= 0.3 is 6.03 Å². The number of hydrogen-bond donors (Lipinski definition) is 2. The third-order valence-corrected chi connectivity index (χ3v) is 4.70. The van der Waals surface area contributed by atoms with Crippen LogP contribution in [0.1, 0.15) is 22.6 Å². The number of aryl methyl sites for hydroxylation is 2. The van der Waals surface area contributed by atoms with Gasteiger partial charge in [-0.25, -0.2) is 4.79 Å². The summed E-state index contributed by atoms with van der Waals surface area (Å²) in [6.07, 6.45) is 2.34. The second-order valence-electron chi connectivity index (χ2n) is 6.29. The molecule has 1 unspecified atom stereocenters. The molecule has 1 aliphatic heterocycles. The number of nitrogens with zero attached hydrogens (tertiary/aromatic N) is 2. The molecule has 3 aromatic rings. The Labute approximate surface area is 144 Å². The molecule has 1 fully saturated rings. The van der Waals surface area contributed by atoms with E-state index in [1.165, 1.54) is 4.90 Å². The number of para-hydroxylation sites is 1. The highest BCUT2D eigenvalue weighted by molar-refractivity contribution is 6.04. The number of rotatable bonds is 4. The monoisotopic (exact) mass is 338 g/mol. The Morgan fingerprint density at radius 1 is 1.24 bits per heavy atom. The van der Waals surface area contributed by atoms with Gasteiger partial charge in [-0.05, 0) is 25.5 Å². The molecule has 0 radical (unpaired) electrons. The molecule has 0 spiro atoms. The lowest BCUT2D eigenvalue weighted by Crippen LogP contribution is -2.32. The number of H-pyrrole nitrogens is 1. The van der Waals surface area contributed by atoms with Crippen molar-refractivity contribution in [2.75, 3.05) is 0 Å². The Bertz CT molecular complexity index is 952. The third kappa shape index (κ3) is 2.57. The fourth-order valence-corrected chi connectivity index (χ4v) is 3.27. The largest absolute Gasteiger partial charge is 0.361 e. The van der Waals surface area contributed by atoms with Crippen LogP contribution in [0, 0.1) is 13.8 Å². The first-order chi connectivity index (χ1) is 12.0. The average Bonchev–Trinajstić information content (AvgIpc) is 3.23. The first-order valence-corrected chi connectivity index (χ1v) is 8.13. The summed E-state index contributed by atoms with van der Waals surface area (Å²) < 4.78 is 5.11. The van der Waals surface area contributed by atoms with E-state index >= 15 is 0 Å². The molecule has 1 aliphatic rings. The van der Waals surface area contributed by atoms with Crippen molar-refractivity contribution in [1.29, 1.82) is 0 Å². The van der Waals surface area contributed by atoms with Gasteiger partial charge in [-0.15, -0.1) is 0 Å². The fourth-order valence-electron chi connectivity index (χ4n) is 3.27. The van der Waals surface area contributed by atoms with Gasteiger partial charge < -0.3 is 14.8 Å². The number of aromatic nitrogens is 2. The second kappa shape index (κ2) is 5.77. The van der Waals surface area contributed by atoms with Gasteiger partial charge in [-0.3, -0.25) is 9.69 Å². The zero-order valence-corrected chi connectivity index (χ0v) is 14.0. The van der Waals surface area contributed by atoms with Crippen molar-refractivity contribution in [3.63, 3.8) is 0 Å². The minimum Gasteiger partial charge on any atom is -0.361 e. The first-order valence-electron chi connectivity index (χ1n) is 8.13. The predicted molar refractivity (Wildman–Crippen MR) is 90.8 cm³/mol. The molecule has 1 saturated heterocycles. The molecule has 25 heavy (non-hydrogen) atoms. The van der Waals surface area contributed by atoms with Crippen LogP contribution in [0.5, 0.6) is 0 Å². The van der Waals surface area contributed by atoms with Crippen LogP contribution in [-0.2, 0) is 17.8 Å². The van der Waals surface area contributed by atoms with E-state index in [9.17, 15) is 9.59 Å². The Hall–Kier alpha value is -3.09. The van der Waals surface area contributed by atoms with Crippen LogP contribution in [0.25, 0.3) is 10.9 Å². The summed E-state index contributed by atoms with van der Waals surface area (Å²) in [5, 5.41) is 7.72. The molecule has 1 aromatic carbocycles. The van der Waals surface area contributed by atoms with E-state index in [1.54, 1.807) is 13.8 Å². The molecule has 0 aliphatic carbocycles. The number of nitrogens with one attached hydrogen (secondary N) is 2. The second-order valence-corrected chi connectivity index (χ2v) is 6.29. The van der Waals surface area contributed by atoms with Gasteiger partial charge in [0.25, 0.3) is 5.91 Å². The number of carbonyl (C=O) groups is 2. The third-order valence-electron chi connectivity index (χ3n) is 4.70. The van der Waals surface area contributed by atoms with Gasteiger partial charge in [-0.1, -0.05) is 23.4 Å². The molecule has 0 saturated carbocycles.